The second kappa shape index (κ2) is 10.8. The minimum Gasteiger partial charge on any atom is -0.493 e. The average molecular weight is 463 g/mol. The third-order valence-electron chi connectivity index (χ3n) is 4.07. The van der Waals surface area contributed by atoms with Crippen molar-refractivity contribution in [1.82, 2.24) is 14.8 Å². The van der Waals surface area contributed by atoms with Gasteiger partial charge in [0.05, 0.1) is 17.9 Å². The van der Waals surface area contributed by atoms with Crippen LogP contribution in [0.1, 0.15) is 5.82 Å². The van der Waals surface area contributed by atoms with Crippen molar-refractivity contribution in [2.45, 2.75) is 18.3 Å². The number of thioether (sulfide) groups is 1. The molecule has 0 aliphatic heterocycles. The SMILES string of the molecule is C=CCn1c(COc2ccccc2OC)nnc1SCC(=O)Nc1ccc(F)c(Cl)c1. The van der Waals surface area contributed by atoms with E-state index in [2.05, 4.69) is 22.1 Å². The zero-order valence-corrected chi connectivity index (χ0v) is 18.3. The Kier molecular flexibility index (Phi) is 7.91. The molecule has 1 aromatic heterocycles. The fourth-order valence-corrected chi connectivity index (χ4v) is 3.57. The number of methoxy groups -OCH3 is 1. The van der Waals surface area contributed by atoms with Crippen LogP contribution in [-0.2, 0) is 17.9 Å². The molecule has 3 rings (SSSR count). The van der Waals surface area contributed by atoms with E-state index in [4.69, 9.17) is 21.1 Å². The van der Waals surface area contributed by atoms with E-state index in [9.17, 15) is 9.18 Å². The number of nitrogens with zero attached hydrogens (tertiary/aromatic N) is 3. The number of halogens is 2. The van der Waals surface area contributed by atoms with Gasteiger partial charge < -0.3 is 14.8 Å². The Morgan fingerprint density at radius 1 is 1.29 bits per heavy atom. The molecule has 0 aliphatic carbocycles. The number of amides is 1. The summed E-state index contributed by atoms with van der Waals surface area (Å²) in [7, 11) is 1.57. The van der Waals surface area contributed by atoms with Crippen molar-refractivity contribution in [3.05, 3.63) is 71.8 Å². The quantitative estimate of drug-likeness (QED) is 0.351. The minimum absolute atomic E-state index is 0.0594. The van der Waals surface area contributed by atoms with E-state index in [0.29, 0.717) is 34.7 Å². The molecule has 2 aromatic carbocycles. The number of hydrogen-bond acceptors (Lipinski definition) is 6. The Labute approximate surface area is 188 Å². The summed E-state index contributed by atoms with van der Waals surface area (Å²) in [5.41, 5.74) is 0.412. The van der Waals surface area contributed by atoms with Gasteiger partial charge in [-0.1, -0.05) is 41.6 Å². The number of rotatable bonds is 10. The maximum Gasteiger partial charge on any atom is 0.234 e. The normalized spacial score (nSPS) is 10.5. The first kappa shape index (κ1) is 22.6. The summed E-state index contributed by atoms with van der Waals surface area (Å²) in [6.07, 6.45) is 1.71. The second-order valence-electron chi connectivity index (χ2n) is 6.20. The van der Waals surface area contributed by atoms with Crippen LogP contribution < -0.4 is 14.8 Å². The molecule has 1 N–H and O–H groups in total. The van der Waals surface area contributed by atoms with Gasteiger partial charge >= 0.3 is 0 Å². The van der Waals surface area contributed by atoms with Gasteiger partial charge in [0.1, 0.15) is 12.4 Å². The van der Waals surface area contributed by atoms with Crippen LogP contribution in [0, 0.1) is 5.82 Å². The van der Waals surface area contributed by atoms with Gasteiger partial charge in [-0.2, -0.15) is 0 Å². The molecule has 1 heterocycles. The molecule has 10 heteroatoms. The van der Waals surface area contributed by atoms with Crippen LogP contribution >= 0.6 is 23.4 Å². The highest BCUT2D eigenvalue weighted by atomic mass is 35.5. The van der Waals surface area contributed by atoms with Crippen LogP contribution in [0.25, 0.3) is 0 Å². The number of hydrogen-bond donors (Lipinski definition) is 1. The maximum absolute atomic E-state index is 13.2. The second-order valence-corrected chi connectivity index (χ2v) is 7.55. The number of para-hydroxylation sites is 2. The van der Waals surface area contributed by atoms with Gasteiger partial charge in [-0.05, 0) is 30.3 Å². The number of ether oxygens (including phenoxy) is 2. The molecule has 7 nitrogen and oxygen atoms in total. The highest BCUT2D eigenvalue weighted by molar-refractivity contribution is 7.99. The number of aromatic nitrogens is 3. The Balaban J connectivity index is 1.63. The fourth-order valence-electron chi connectivity index (χ4n) is 2.63. The minimum atomic E-state index is -0.547. The van der Waals surface area contributed by atoms with Crippen molar-refractivity contribution in [2.24, 2.45) is 0 Å². The standard InChI is InChI=1S/C21H20ClFN4O3S/c1-3-10-27-19(12-30-18-7-5-4-6-17(18)29-2)25-26-21(27)31-13-20(28)24-14-8-9-16(23)15(22)11-14/h3-9,11H,1,10,12-13H2,2H3,(H,24,28). The lowest BCUT2D eigenvalue weighted by atomic mass is 10.3. The van der Waals surface area contributed by atoms with Crippen molar-refractivity contribution < 1.29 is 18.7 Å². The molecule has 0 radical (unpaired) electrons. The van der Waals surface area contributed by atoms with Crippen molar-refractivity contribution in [1.29, 1.82) is 0 Å². The van der Waals surface area contributed by atoms with Gasteiger partial charge in [-0.25, -0.2) is 4.39 Å². The highest BCUT2D eigenvalue weighted by Crippen LogP contribution is 2.27. The lowest BCUT2D eigenvalue weighted by Crippen LogP contribution is -2.15. The smallest absolute Gasteiger partial charge is 0.234 e. The number of allylic oxidation sites excluding steroid dienone is 1. The molecular weight excluding hydrogens is 443 g/mol. The van der Waals surface area contributed by atoms with E-state index >= 15 is 0 Å². The Hall–Kier alpha value is -3.04. The van der Waals surface area contributed by atoms with Gasteiger partial charge in [0, 0.05) is 12.2 Å². The lowest BCUT2D eigenvalue weighted by Gasteiger charge is -2.11. The van der Waals surface area contributed by atoms with Crippen LogP contribution in [0.5, 0.6) is 11.5 Å². The molecular formula is C21H20ClFN4O3S. The molecule has 0 saturated heterocycles. The van der Waals surface area contributed by atoms with Crippen molar-refractivity contribution in [3.8, 4) is 11.5 Å². The third kappa shape index (κ3) is 5.99. The summed E-state index contributed by atoms with van der Waals surface area (Å²) in [6, 6.07) is 11.3. The van der Waals surface area contributed by atoms with Crippen molar-refractivity contribution in [2.75, 3.05) is 18.2 Å². The summed E-state index contributed by atoms with van der Waals surface area (Å²) in [5.74, 6) is 1.03. The summed E-state index contributed by atoms with van der Waals surface area (Å²) < 4.78 is 26.2. The van der Waals surface area contributed by atoms with E-state index in [1.54, 1.807) is 25.3 Å². The number of anilines is 1. The summed E-state index contributed by atoms with van der Waals surface area (Å²) >= 11 is 6.95. The topological polar surface area (TPSA) is 78.3 Å². The van der Waals surface area contributed by atoms with E-state index in [1.807, 2.05) is 16.7 Å². The monoisotopic (exact) mass is 462 g/mol. The van der Waals surface area contributed by atoms with Gasteiger partial charge in [-0.3, -0.25) is 9.36 Å². The van der Waals surface area contributed by atoms with Crippen LogP contribution in [0.15, 0.2) is 60.3 Å². The molecule has 0 atom stereocenters. The first-order chi connectivity index (χ1) is 15.0. The van der Waals surface area contributed by atoms with Gasteiger partial charge in [0.25, 0.3) is 0 Å². The largest absolute Gasteiger partial charge is 0.493 e. The molecule has 0 unspecified atom stereocenters. The van der Waals surface area contributed by atoms with Crippen LogP contribution in [-0.4, -0.2) is 33.5 Å². The summed E-state index contributed by atoms with van der Waals surface area (Å²) in [4.78, 5) is 12.3. The molecule has 162 valence electrons. The number of benzene rings is 2. The van der Waals surface area contributed by atoms with Gasteiger partial charge in [-0.15, -0.1) is 16.8 Å². The van der Waals surface area contributed by atoms with Crippen LogP contribution in [0.3, 0.4) is 0 Å². The van der Waals surface area contributed by atoms with E-state index in [1.165, 1.54) is 30.0 Å². The predicted octanol–water partition coefficient (Wildman–Crippen LogP) is 4.58. The van der Waals surface area contributed by atoms with Crippen molar-refractivity contribution >= 4 is 35.0 Å². The molecule has 31 heavy (non-hydrogen) atoms. The Morgan fingerprint density at radius 3 is 2.77 bits per heavy atom. The number of carbonyl (C=O) groups is 1. The zero-order chi connectivity index (χ0) is 22.2. The number of nitrogens with one attached hydrogen (secondary N) is 1. The molecule has 1 amide bonds. The molecule has 0 bridgehead atoms. The van der Waals surface area contributed by atoms with E-state index in [0.717, 1.165) is 0 Å². The summed E-state index contributed by atoms with van der Waals surface area (Å²) in [5, 5.41) is 11.5. The van der Waals surface area contributed by atoms with Crippen LogP contribution in [0.2, 0.25) is 5.02 Å². The molecule has 0 aliphatic rings. The molecule has 0 saturated carbocycles. The predicted molar refractivity (Wildman–Crippen MR) is 118 cm³/mol. The van der Waals surface area contributed by atoms with Gasteiger partial charge in [0.2, 0.25) is 5.91 Å². The molecule has 3 aromatic rings. The van der Waals surface area contributed by atoms with E-state index in [-0.39, 0.29) is 23.3 Å². The molecule has 0 fully saturated rings. The summed E-state index contributed by atoms with van der Waals surface area (Å²) in [6.45, 7) is 4.38. The number of carbonyl (C=O) groups excluding carboxylic acids is 1. The molecule has 0 spiro atoms. The highest BCUT2D eigenvalue weighted by Gasteiger charge is 2.15. The Morgan fingerprint density at radius 2 is 2.06 bits per heavy atom. The fraction of sp³-hybridized carbons (Fsp3) is 0.190. The Bertz CT molecular complexity index is 1080. The third-order valence-corrected chi connectivity index (χ3v) is 5.32. The maximum atomic E-state index is 13.2. The van der Waals surface area contributed by atoms with Crippen LogP contribution in [0.4, 0.5) is 10.1 Å². The first-order valence-corrected chi connectivity index (χ1v) is 10.5. The average Bonchev–Trinajstić information content (AvgIpc) is 3.15. The van der Waals surface area contributed by atoms with Gasteiger partial charge in [0.15, 0.2) is 22.5 Å². The first-order valence-electron chi connectivity index (χ1n) is 9.18. The lowest BCUT2D eigenvalue weighted by molar-refractivity contribution is -0.113. The zero-order valence-electron chi connectivity index (χ0n) is 16.7. The van der Waals surface area contributed by atoms with Crippen molar-refractivity contribution in [3.63, 3.8) is 0 Å². The van der Waals surface area contributed by atoms with E-state index < -0.39 is 5.82 Å².